The molecule has 0 aromatic heterocycles. The number of ether oxygens (including phenoxy) is 1. The van der Waals surface area contributed by atoms with Crippen molar-refractivity contribution >= 4 is 17.7 Å². The number of rotatable bonds is 5. The summed E-state index contributed by atoms with van der Waals surface area (Å²) in [6.07, 6.45) is 1.88. The summed E-state index contributed by atoms with van der Waals surface area (Å²) in [6.45, 7) is 2.13. The Morgan fingerprint density at radius 2 is 2.06 bits per heavy atom. The van der Waals surface area contributed by atoms with E-state index in [9.17, 15) is 4.79 Å². The van der Waals surface area contributed by atoms with Crippen LogP contribution in [-0.2, 0) is 16.1 Å². The minimum atomic E-state index is -0.672. The normalized spacial score (nSPS) is 14.2. The zero-order valence-electron chi connectivity index (χ0n) is 9.82. The molecule has 0 radical (unpaired) electrons. The first-order valence-electron chi connectivity index (χ1n) is 5.07. The summed E-state index contributed by atoms with van der Waals surface area (Å²) in [4.78, 5) is 11.1. The van der Waals surface area contributed by atoms with E-state index in [-0.39, 0.29) is 5.97 Å². The van der Waals surface area contributed by atoms with Crippen LogP contribution in [0.3, 0.4) is 0 Å². The lowest BCUT2D eigenvalue weighted by molar-refractivity contribution is -0.148. The number of likely N-dealkylation sites (N-methyl/N-ethyl adjacent to an activating group) is 1. The molecule has 1 rings (SSSR count). The number of carbonyl (C=O) groups excluding carboxylic acids is 1. The van der Waals surface area contributed by atoms with Crippen molar-refractivity contribution in [1.29, 1.82) is 0 Å². The molecule has 3 nitrogen and oxygen atoms in total. The van der Waals surface area contributed by atoms with Crippen molar-refractivity contribution in [2.45, 2.75) is 18.4 Å². The highest BCUT2D eigenvalue weighted by atomic mass is 32.2. The first-order chi connectivity index (χ1) is 7.62. The minimum absolute atomic E-state index is 0.244. The number of nitrogens with one attached hydrogen (secondary N) is 1. The topological polar surface area (TPSA) is 38.3 Å². The van der Waals surface area contributed by atoms with Crippen LogP contribution in [0.15, 0.2) is 30.3 Å². The van der Waals surface area contributed by atoms with Crippen molar-refractivity contribution in [1.82, 2.24) is 5.32 Å². The third-order valence-electron chi connectivity index (χ3n) is 2.49. The van der Waals surface area contributed by atoms with Gasteiger partial charge >= 0.3 is 5.97 Å². The van der Waals surface area contributed by atoms with Gasteiger partial charge in [0.05, 0.1) is 0 Å². The predicted molar refractivity (Wildman–Crippen MR) is 67.2 cm³/mol. The molecular formula is C12H17NO2S. The zero-order chi connectivity index (χ0) is 12.0. The number of hydrogen-bond donors (Lipinski definition) is 1. The third-order valence-corrected chi connectivity index (χ3v) is 3.67. The smallest absolute Gasteiger partial charge is 0.336 e. The second kappa shape index (κ2) is 5.92. The van der Waals surface area contributed by atoms with Crippen molar-refractivity contribution in [3.05, 3.63) is 35.9 Å². The summed E-state index contributed by atoms with van der Waals surface area (Å²) >= 11 is 1.43. The molecule has 0 fully saturated rings. The van der Waals surface area contributed by atoms with Gasteiger partial charge in [-0.2, -0.15) is 0 Å². The molecule has 0 heterocycles. The van der Waals surface area contributed by atoms with E-state index in [2.05, 4.69) is 5.32 Å². The van der Waals surface area contributed by atoms with Crippen LogP contribution in [0, 0.1) is 0 Å². The van der Waals surface area contributed by atoms with Gasteiger partial charge in [0.1, 0.15) is 6.61 Å². The van der Waals surface area contributed by atoms with Crippen LogP contribution >= 0.6 is 11.8 Å². The molecule has 0 saturated carbocycles. The standard InChI is InChI=1S/C12H17NO2S/c1-12(13-2,16-3)11(14)15-9-10-7-5-4-6-8-10/h4-8,13H,9H2,1-3H3. The van der Waals surface area contributed by atoms with E-state index in [0.717, 1.165) is 5.56 Å². The number of hydrogen-bond acceptors (Lipinski definition) is 4. The van der Waals surface area contributed by atoms with E-state index in [1.807, 2.05) is 43.5 Å². The molecule has 88 valence electrons. The number of carbonyl (C=O) groups is 1. The SMILES string of the molecule is CNC(C)(SC)C(=O)OCc1ccccc1. The van der Waals surface area contributed by atoms with E-state index >= 15 is 0 Å². The van der Waals surface area contributed by atoms with Crippen LogP contribution in [0.25, 0.3) is 0 Å². The fourth-order valence-corrected chi connectivity index (χ4v) is 1.58. The van der Waals surface area contributed by atoms with Crippen LogP contribution in [-0.4, -0.2) is 24.1 Å². The number of benzene rings is 1. The summed E-state index contributed by atoms with van der Waals surface area (Å²) in [5.74, 6) is -0.244. The van der Waals surface area contributed by atoms with Crippen molar-refractivity contribution in [2.75, 3.05) is 13.3 Å². The Labute approximate surface area is 101 Å². The van der Waals surface area contributed by atoms with Gasteiger partial charge in [0.25, 0.3) is 0 Å². The molecule has 0 saturated heterocycles. The van der Waals surface area contributed by atoms with E-state index in [1.165, 1.54) is 11.8 Å². The Hall–Kier alpha value is -1.00. The van der Waals surface area contributed by atoms with Crippen molar-refractivity contribution in [3.8, 4) is 0 Å². The minimum Gasteiger partial charge on any atom is -0.459 e. The fraction of sp³-hybridized carbons (Fsp3) is 0.417. The zero-order valence-corrected chi connectivity index (χ0v) is 10.6. The summed E-state index contributed by atoms with van der Waals surface area (Å²) < 4.78 is 5.25. The molecule has 1 aromatic rings. The average Bonchev–Trinajstić information content (AvgIpc) is 2.36. The Bertz CT molecular complexity index is 336. The highest BCUT2D eigenvalue weighted by Crippen LogP contribution is 2.20. The maximum absolute atomic E-state index is 11.8. The molecule has 4 heteroatoms. The Morgan fingerprint density at radius 1 is 1.44 bits per heavy atom. The van der Waals surface area contributed by atoms with Gasteiger partial charge < -0.3 is 4.74 Å². The second-order valence-electron chi connectivity index (χ2n) is 3.55. The Kier molecular flexibility index (Phi) is 4.83. The largest absolute Gasteiger partial charge is 0.459 e. The van der Waals surface area contributed by atoms with Gasteiger partial charge in [0, 0.05) is 0 Å². The highest BCUT2D eigenvalue weighted by molar-refractivity contribution is 8.00. The van der Waals surface area contributed by atoms with Crippen LogP contribution < -0.4 is 5.32 Å². The first kappa shape index (κ1) is 13.1. The lowest BCUT2D eigenvalue weighted by Crippen LogP contribution is -2.45. The average molecular weight is 239 g/mol. The van der Waals surface area contributed by atoms with Gasteiger partial charge in [0.15, 0.2) is 4.87 Å². The van der Waals surface area contributed by atoms with Crippen LogP contribution in [0.5, 0.6) is 0 Å². The molecule has 0 aliphatic heterocycles. The van der Waals surface area contributed by atoms with Gasteiger partial charge in [0.2, 0.25) is 0 Å². The van der Waals surface area contributed by atoms with E-state index in [1.54, 1.807) is 7.05 Å². The van der Waals surface area contributed by atoms with Crippen LogP contribution in [0.1, 0.15) is 12.5 Å². The predicted octanol–water partition coefficient (Wildman–Crippen LogP) is 2.03. The van der Waals surface area contributed by atoms with Crippen molar-refractivity contribution in [2.24, 2.45) is 0 Å². The molecule has 0 aliphatic rings. The van der Waals surface area contributed by atoms with Crippen molar-refractivity contribution < 1.29 is 9.53 Å². The van der Waals surface area contributed by atoms with Crippen LogP contribution in [0.2, 0.25) is 0 Å². The Morgan fingerprint density at radius 3 is 2.56 bits per heavy atom. The molecule has 0 spiro atoms. The van der Waals surface area contributed by atoms with Crippen molar-refractivity contribution in [3.63, 3.8) is 0 Å². The van der Waals surface area contributed by atoms with Gasteiger partial charge in [-0.3, -0.25) is 5.32 Å². The monoisotopic (exact) mass is 239 g/mol. The Balaban J connectivity index is 2.53. The number of thioether (sulfide) groups is 1. The summed E-state index contributed by atoms with van der Waals surface area (Å²) in [5.41, 5.74) is 0.996. The quantitative estimate of drug-likeness (QED) is 0.630. The number of esters is 1. The summed E-state index contributed by atoms with van der Waals surface area (Å²) in [7, 11) is 1.75. The second-order valence-corrected chi connectivity index (χ2v) is 4.77. The molecule has 1 N–H and O–H groups in total. The van der Waals surface area contributed by atoms with E-state index < -0.39 is 4.87 Å². The van der Waals surface area contributed by atoms with Gasteiger partial charge in [-0.1, -0.05) is 30.3 Å². The molecular weight excluding hydrogens is 222 g/mol. The molecule has 1 unspecified atom stereocenters. The molecule has 16 heavy (non-hydrogen) atoms. The lowest BCUT2D eigenvalue weighted by atomic mass is 10.2. The van der Waals surface area contributed by atoms with Crippen LogP contribution in [0.4, 0.5) is 0 Å². The van der Waals surface area contributed by atoms with Gasteiger partial charge in [-0.05, 0) is 25.8 Å². The molecule has 0 amide bonds. The molecule has 1 atom stereocenters. The summed E-state index contributed by atoms with van der Waals surface area (Å²) in [5, 5.41) is 2.95. The lowest BCUT2D eigenvalue weighted by Gasteiger charge is -2.24. The van der Waals surface area contributed by atoms with Gasteiger partial charge in [-0.15, -0.1) is 11.8 Å². The first-order valence-corrected chi connectivity index (χ1v) is 6.30. The third kappa shape index (κ3) is 3.25. The molecule has 0 aliphatic carbocycles. The summed E-state index contributed by atoms with van der Waals surface area (Å²) in [6, 6.07) is 9.65. The maximum Gasteiger partial charge on any atom is 0.336 e. The highest BCUT2D eigenvalue weighted by Gasteiger charge is 2.31. The fourth-order valence-electron chi connectivity index (χ4n) is 1.15. The van der Waals surface area contributed by atoms with E-state index in [4.69, 9.17) is 4.74 Å². The van der Waals surface area contributed by atoms with E-state index in [0.29, 0.717) is 6.61 Å². The molecule has 1 aromatic carbocycles. The maximum atomic E-state index is 11.8. The molecule has 0 bridgehead atoms. The van der Waals surface area contributed by atoms with Gasteiger partial charge in [-0.25, -0.2) is 4.79 Å².